The maximum absolute atomic E-state index is 13.2. The molecule has 4 aromatic carbocycles. The summed E-state index contributed by atoms with van der Waals surface area (Å²) >= 11 is 0. The molecule has 0 saturated carbocycles. The van der Waals surface area contributed by atoms with Crippen LogP contribution in [0.4, 0.5) is 18.9 Å². The van der Waals surface area contributed by atoms with Crippen LogP contribution in [0.1, 0.15) is 35.5 Å². The van der Waals surface area contributed by atoms with Crippen molar-refractivity contribution in [3.63, 3.8) is 0 Å². The Hall–Kier alpha value is -4.30. The van der Waals surface area contributed by atoms with Crippen molar-refractivity contribution in [3.8, 4) is 5.75 Å². The Morgan fingerprint density at radius 1 is 0.762 bits per heavy atom. The Morgan fingerprint density at radius 2 is 1.40 bits per heavy atom. The highest BCUT2D eigenvalue weighted by molar-refractivity contribution is 5.81. The maximum atomic E-state index is 13.2. The standard InChI is InChI=1S/C34H33F3N4O/c1-25(42-30-10-6-3-7-11-30)33-38-31-17-16-29(40-20-18-39(19-21-40)23-26-8-4-2-5-9-26)22-32(31)41(33)24-27-12-14-28(15-13-27)34(35,36)37/h2-17,22,25H,18-21,23-24H2,1H3. The maximum Gasteiger partial charge on any atom is 0.416 e. The Balaban J connectivity index is 1.27. The van der Waals surface area contributed by atoms with E-state index in [9.17, 15) is 13.2 Å². The van der Waals surface area contributed by atoms with Crippen LogP contribution in [0.15, 0.2) is 103 Å². The van der Waals surface area contributed by atoms with Gasteiger partial charge in [-0.15, -0.1) is 0 Å². The van der Waals surface area contributed by atoms with Crippen molar-refractivity contribution in [2.24, 2.45) is 0 Å². The summed E-state index contributed by atoms with van der Waals surface area (Å²) in [7, 11) is 0. The van der Waals surface area contributed by atoms with Gasteiger partial charge in [-0.05, 0) is 60.5 Å². The molecule has 1 fully saturated rings. The summed E-state index contributed by atoms with van der Waals surface area (Å²) in [6, 6.07) is 31.7. The fraction of sp³-hybridized carbons (Fsp3) is 0.265. The fourth-order valence-electron chi connectivity index (χ4n) is 5.55. The van der Waals surface area contributed by atoms with E-state index < -0.39 is 11.7 Å². The molecule has 6 rings (SSSR count). The molecule has 0 bridgehead atoms. The number of alkyl halides is 3. The van der Waals surface area contributed by atoms with Gasteiger partial charge in [-0.25, -0.2) is 4.98 Å². The van der Waals surface area contributed by atoms with Gasteiger partial charge in [0, 0.05) is 45.0 Å². The molecule has 216 valence electrons. The van der Waals surface area contributed by atoms with Crippen LogP contribution in [0.5, 0.6) is 5.75 Å². The molecule has 1 aliphatic heterocycles. The Morgan fingerprint density at radius 3 is 2.07 bits per heavy atom. The number of benzene rings is 4. The smallest absolute Gasteiger partial charge is 0.416 e. The molecule has 8 heteroatoms. The van der Waals surface area contributed by atoms with Gasteiger partial charge < -0.3 is 14.2 Å². The predicted molar refractivity (Wildman–Crippen MR) is 160 cm³/mol. The lowest BCUT2D eigenvalue weighted by Crippen LogP contribution is -2.45. The van der Waals surface area contributed by atoms with Gasteiger partial charge in [0.05, 0.1) is 16.6 Å². The van der Waals surface area contributed by atoms with Gasteiger partial charge in [-0.1, -0.05) is 60.7 Å². The lowest BCUT2D eigenvalue weighted by atomic mass is 10.1. The van der Waals surface area contributed by atoms with Crippen LogP contribution >= 0.6 is 0 Å². The van der Waals surface area contributed by atoms with Crippen LogP contribution in [0, 0.1) is 0 Å². The van der Waals surface area contributed by atoms with Crippen LogP contribution in [0.3, 0.4) is 0 Å². The molecule has 0 amide bonds. The number of hydrogen-bond donors (Lipinski definition) is 0. The largest absolute Gasteiger partial charge is 0.483 e. The van der Waals surface area contributed by atoms with Crippen LogP contribution in [-0.2, 0) is 19.3 Å². The summed E-state index contributed by atoms with van der Waals surface area (Å²) in [5.74, 6) is 1.45. The minimum Gasteiger partial charge on any atom is -0.483 e. The first kappa shape index (κ1) is 27.8. The predicted octanol–water partition coefficient (Wildman–Crippen LogP) is 7.57. The highest BCUT2D eigenvalue weighted by Crippen LogP contribution is 2.32. The van der Waals surface area contributed by atoms with E-state index in [0.29, 0.717) is 6.54 Å². The van der Waals surface area contributed by atoms with Crippen molar-refractivity contribution in [1.82, 2.24) is 14.5 Å². The third kappa shape index (κ3) is 6.29. The third-order valence-electron chi connectivity index (χ3n) is 7.79. The second-order valence-electron chi connectivity index (χ2n) is 10.7. The SMILES string of the molecule is CC(Oc1ccccc1)c1nc2ccc(N3CCN(Cc4ccccc4)CC3)cc2n1Cc1ccc(C(F)(F)F)cc1. The van der Waals surface area contributed by atoms with Crippen LogP contribution in [-0.4, -0.2) is 40.6 Å². The summed E-state index contributed by atoms with van der Waals surface area (Å²) in [4.78, 5) is 9.80. The van der Waals surface area contributed by atoms with Crippen molar-refractivity contribution in [3.05, 3.63) is 126 Å². The van der Waals surface area contributed by atoms with Gasteiger partial charge in [-0.3, -0.25) is 4.90 Å². The minimum absolute atomic E-state index is 0.376. The van der Waals surface area contributed by atoms with Gasteiger partial charge in [-0.2, -0.15) is 13.2 Å². The van der Waals surface area contributed by atoms with E-state index in [1.807, 2.05) is 49.4 Å². The number of hydrogen-bond acceptors (Lipinski definition) is 4. The third-order valence-corrected chi connectivity index (χ3v) is 7.79. The van der Waals surface area contributed by atoms with Crippen molar-refractivity contribution < 1.29 is 17.9 Å². The molecule has 5 nitrogen and oxygen atoms in total. The van der Waals surface area contributed by atoms with Gasteiger partial charge >= 0.3 is 6.18 Å². The molecular weight excluding hydrogens is 537 g/mol. The molecule has 1 unspecified atom stereocenters. The monoisotopic (exact) mass is 570 g/mol. The normalized spacial score (nSPS) is 15.2. The zero-order chi connectivity index (χ0) is 29.1. The first-order chi connectivity index (χ1) is 20.3. The van der Waals surface area contributed by atoms with E-state index in [-0.39, 0.29) is 6.10 Å². The van der Waals surface area contributed by atoms with E-state index in [1.54, 1.807) is 0 Å². The van der Waals surface area contributed by atoms with E-state index in [2.05, 4.69) is 50.8 Å². The van der Waals surface area contributed by atoms with E-state index in [0.717, 1.165) is 78.7 Å². The molecule has 1 atom stereocenters. The van der Waals surface area contributed by atoms with Gasteiger partial charge in [0.1, 0.15) is 5.75 Å². The number of nitrogens with zero attached hydrogens (tertiary/aromatic N) is 4. The van der Waals surface area contributed by atoms with Crippen molar-refractivity contribution in [2.45, 2.75) is 32.3 Å². The van der Waals surface area contributed by atoms with E-state index in [1.165, 1.54) is 17.7 Å². The van der Waals surface area contributed by atoms with Crippen LogP contribution in [0.25, 0.3) is 11.0 Å². The second kappa shape index (κ2) is 11.9. The molecule has 0 aliphatic carbocycles. The van der Waals surface area contributed by atoms with E-state index in [4.69, 9.17) is 9.72 Å². The Kier molecular flexibility index (Phi) is 7.89. The summed E-state index contributed by atoms with van der Waals surface area (Å²) < 4.78 is 47.9. The quantitative estimate of drug-likeness (QED) is 0.193. The summed E-state index contributed by atoms with van der Waals surface area (Å²) in [5, 5.41) is 0. The van der Waals surface area contributed by atoms with Crippen molar-refractivity contribution in [2.75, 3.05) is 31.1 Å². The molecule has 5 aromatic rings. The zero-order valence-corrected chi connectivity index (χ0v) is 23.5. The van der Waals surface area contributed by atoms with Crippen LogP contribution < -0.4 is 9.64 Å². The first-order valence-electron chi connectivity index (χ1n) is 14.2. The van der Waals surface area contributed by atoms with Gasteiger partial charge in [0.25, 0.3) is 0 Å². The second-order valence-corrected chi connectivity index (χ2v) is 10.7. The average Bonchev–Trinajstić information content (AvgIpc) is 3.36. The minimum atomic E-state index is -4.37. The molecule has 1 aliphatic rings. The molecule has 1 saturated heterocycles. The lowest BCUT2D eigenvalue weighted by Gasteiger charge is -2.36. The first-order valence-corrected chi connectivity index (χ1v) is 14.2. The van der Waals surface area contributed by atoms with Gasteiger partial charge in [0.2, 0.25) is 0 Å². The molecule has 0 N–H and O–H groups in total. The Labute approximate surface area is 243 Å². The number of anilines is 1. The number of imidazole rings is 1. The van der Waals surface area contributed by atoms with Crippen molar-refractivity contribution >= 4 is 16.7 Å². The number of piperazine rings is 1. The molecule has 0 spiro atoms. The summed E-state index contributed by atoms with van der Waals surface area (Å²) in [5.41, 5.74) is 4.29. The number of halogens is 3. The molecule has 2 heterocycles. The summed E-state index contributed by atoms with van der Waals surface area (Å²) in [6.07, 6.45) is -4.75. The van der Waals surface area contributed by atoms with Gasteiger partial charge in [0.15, 0.2) is 11.9 Å². The van der Waals surface area contributed by atoms with Crippen LogP contribution in [0.2, 0.25) is 0 Å². The van der Waals surface area contributed by atoms with Crippen molar-refractivity contribution in [1.29, 1.82) is 0 Å². The van der Waals surface area contributed by atoms with E-state index >= 15 is 0 Å². The summed E-state index contributed by atoms with van der Waals surface area (Å²) in [6.45, 7) is 7.01. The fourth-order valence-corrected chi connectivity index (χ4v) is 5.55. The number of fused-ring (bicyclic) bond motifs is 1. The highest BCUT2D eigenvalue weighted by Gasteiger charge is 2.30. The number of para-hydroxylation sites is 1. The molecule has 42 heavy (non-hydrogen) atoms. The molecule has 0 radical (unpaired) electrons. The number of ether oxygens (including phenoxy) is 1. The highest BCUT2D eigenvalue weighted by atomic mass is 19.4. The average molecular weight is 571 g/mol. The molecular formula is C34H33F3N4O. The lowest BCUT2D eigenvalue weighted by molar-refractivity contribution is -0.137. The topological polar surface area (TPSA) is 33.5 Å². The zero-order valence-electron chi connectivity index (χ0n) is 23.5. The molecule has 1 aromatic heterocycles. The number of aromatic nitrogens is 2. The Bertz CT molecular complexity index is 1610. The number of rotatable bonds is 8.